The summed E-state index contributed by atoms with van der Waals surface area (Å²) in [5, 5.41) is 0. The second-order valence-electron chi connectivity index (χ2n) is 8.29. The lowest BCUT2D eigenvalue weighted by molar-refractivity contribution is -0.00983. The topological polar surface area (TPSA) is 68.3 Å². The summed E-state index contributed by atoms with van der Waals surface area (Å²) in [6.07, 6.45) is 4.16. The quantitative estimate of drug-likeness (QED) is 0.693. The van der Waals surface area contributed by atoms with Gasteiger partial charge < -0.3 is 19.1 Å². The number of rotatable bonds is 4. The van der Waals surface area contributed by atoms with Crippen molar-refractivity contribution in [1.29, 1.82) is 0 Å². The molecule has 1 aromatic rings. The molecule has 8 heteroatoms. The Balaban J connectivity index is 1.98. The number of piperazine rings is 1. The fraction of sp³-hybridized carbons (Fsp3) is 0.545. The number of nitrogens with zero attached hydrogens (tertiary/aromatic N) is 2. The molecule has 2 amide bonds. The zero-order chi connectivity index (χ0) is 22.5. The third kappa shape index (κ3) is 6.28. The van der Waals surface area contributed by atoms with Gasteiger partial charge in [-0.15, -0.1) is 6.42 Å². The van der Waals surface area contributed by atoms with Gasteiger partial charge in [-0.05, 0) is 52.8 Å². The normalized spacial score (nSPS) is 19.1. The first kappa shape index (κ1) is 23.3. The lowest BCUT2D eigenvalue weighted by atomic mass is 10.1. The van der Waals surface area contributed by atoms with Crippen molar-refractivity contribution in [1.82, 2.24) is 9.80 Å². The molecular formula is C22H29FN2O5. The molecule has 0 radical (unpaired) electrons. The van der Waals surface area contributed by atoms with Crippen LogP contribution in [0.25, 0.3) is 0 Å². The summed E-state index contributed by atoms with van der Waals surface area (Å²) >= 11 is 0. The minimum Gasteiger partial charge on any atom is -0.481 e. The standard InChI is InChI=1S/C22H29FN2O5/c1-7-10-28-18-8-9-19(23)17(11-18)14-29-21(27)25-15(2)12-24(13-16(25)3)20(26)30-22(4,5)6/h1,8-9,11,15-16H,10,12-14H2,2-6H3/t15-,16+. The molecule has 0 spiro atoms. The number of hydrogen-bond acceptors (Lipinski definition) is 5. The lowest BCUT2D eigenvalue weighted by Gasteiger charge is -2.43. The van der Waals surface area contributed by atoms with Crippen LogP contribution in [0.1, 0.15) is 40.2 Å². The zero-order valence-electron chi connectivity index (χ0n) is 18.1. The SMILES string of the molecule is C#CCOc1ccc(F)c(COC(=O)N2[C@H](C)CN(C(=O)OC(C)(C)C)C[C@@H]2C)c1. The average Bonchev–Trinajstić information content (AvgIpc) is 2.64. The highest BCUT2D eigenvalue weighted by molar-refractivity contribution is 5.71. The number of carbonyl (C=O) groups is 2. The molecule has 0 saturated carbocycles. The van der Waals surface area contributed by atoms with Gasteiger partial charge in [0.15, 0.2) is 0 Å². The van der Waals surface area contributed by atoms with E-state index in [4.69, 9.17) is 20.6 Å². The number of amides is 2. The van der Waals surface area contributed by atoms with Gasteiger partial charge in [0.1, 0.15) is 30.4 Å². The first-order chi connectivity index (χ1) is 14.0. The lowest BCUT2D eigenvalue weighted by Crippen LogP contribution is -2.60. The van der Waals surface area contributed by atoms with Gasteiger partial charge in [-0.1, -0.05) is 5.92 Å². The second kappa shape index (κ2) is 9.70. The summed E-state index contributed by atoms with van der Waals surface area (Å²) in [5.41, 5.74) is -0.409. The molecule has 164 valence electrons. The maximum Gasteiger partial charge on any atom is 0.410 e. The molecule has 1 aliphatic heterocycles. The van der Waals surface area contributed by atoms with Crippen molar-refractivity contribution in [2.75, 3.05) is 19.7 Å². The van der Waals surface area contributed by atoms with Crippen molar-refractivity contribution < 1.29 is 28.2 Å². The van der Waals surface area contributed by atoms with Gasteiger partial charge in [-0.3, -0.25) is 4.90 Å². The molecule has 7 nitrogen and oxygen atoms in total. The van der Waals surface area contributed by atoms with Crippen LogP contribution < -0.4 is 4.74 Å². The molecule has 2 atom stereocenters. The summed E-state index contributed by atoms with van der Waals surface area (Å²) in [6, 6.07) is 3.57. The Labute approximate surface area is 177 Å². The van der Waals surface area contributed by atoms with E-state index < -0.39 is 23.6 Å². The van der Waals surface area contributed by atoms with Gasteiger partial charge in [0.25, 0.3) is 0 Å². The number of hydrogen-bond donors (Lipinski definition) is 0. The largest absolute Gasteiger partial charge is 0.481 e. The van der Waals surface area contributed by atoms with Crippen LogP contribution in [0.15, 0.2) is 18.2 Å². The molecule has 30 heavy (non-hydrogen) atoms. The summed E-state index contributed by atoms with van der Waals surface area (Å²) < 4.78 is 30.1. The predicted octanol–water partition coefficient (Wildman–Crippen LogP) is 3.80. The van der Waals surface area contributed by atoms with E-state index in [0.717, 1.165) is 0 Å². The van der Waals surface area contributed by atoms with Crippen molar-refractivity contribution >= 4 is 12.2 Å². The molecule has 0 unspecified atom stereocenters. The van der Waals surface area contributed by atoms with Crippen LogP contribution in [0.4, 0.5) is 14.0 Å². The first-order valence-corrected chi connectivity index (χ1v) is 9.79. The maximum absolute atomic E-state index is 14.1. The Hall–Kier alpha value is -2.95. The van der Waals surface area contributed by atoms with Crippen LogP contribution in [0.3, 0.4) is 0 Å². The minimum absolute atomic E-state index is 0.0574. The van der Waals surface area contributed by atoms with E-state index in [1.54, 1.807) is 30.6 Å². The summed E-state index contributed by atoms with van der Waals surface area (Å²) in [7, 11) is 0. The third-order valence-electron chi connectivity index (χ3n) is 4.47. The smallest absolute Gasteiger partial charge is 0.410 e. The fourth-order valence-corrected chi connectivity index (χ4v) is 3.25. The van der Waals surface area contributed by atoms with Crippen molar-refractivity contribution in [2.45, 2.75) is 58.9 Å². The van der Waals surface area contributed by atoms with E-state index in [1.165, 1.54) is 18.2 Å². The van der Waals surface area contributed by atoms with Crippen molar-refractivity contribution in [2.24, 2.45) is 0 Å². The number of benzene rings is 1. The van der Waals surface area contributed by atoms with E-state index in [1.807, 2.05) is 13.8 Å². The van der Waals surface area contributed by atoms with Crippen LogP contribution in [0, 0.1) is 18.2 Å². The number of carbonyl (C=O) groups excluding carboxylic acids is 2. The number of ether oxygens (including phenoxy) is 3. The van der Waals surface area contributed by atoms with Crippen molar-refractivity contribution in [3.8, 4) is 18.1 Å². The molecule has 0 N–H and O–H groups in total. The minimum atomic E-state index is -0.595. The highest BCUT2D eigenvalue weighted by Gasteiger charge is 2.37. The van der Waals surface area contributed by atoms with Gasteiger partial charge in [0, 0.05) is 18.7 Å². The Bertz CT molecular complexity index is 803. The summed E-state index contributed by atoms with van der Waals surface area (Å²) in [4.78, 5) is 28.1. The zero-order valence-corrected chi connectivity index (χ0v) is 18.1. The molecule has 1 fully saturated rings. The van der Waals surface area contributed by atoms with E-state index in [9.17, 15) is 14.0 Å². The maximum atomic E-state index is 14.1. The Morgan fingerprint density at radius 2 is 1.83 bits per heavy atom. The van der Waals surface area contributed by atoms with Crippen molar-refractivity contribution in [3.63, 3.8) is 0 Å². The average molecular weight is 420 g/mol. The number of halogens is 1. The van der Waals surface area contributed by atoms with Gasteiger partial charge in [-0.25, -0.2) is 14.0 Å². The Morgan fingerprint density at radius 3 is 2.40 bits per heavy atom. The van der Waals surface area contributed by atoms with E-state index in [0.29, 0.717) is 18.8 Å². The molecule has 0 bridgehead atoms. The molecule has 0 aromatic heterocycles. The monoisotopic (exact) mass is 420 g/mol. The van der Waals surface area contributed by atoms with Gasteiger partial charge >= 0.3 is 12.2 Å². The fourth-order valence-electron chi connectivity index (χ4n) is 3.25. The van der Waals surface area contributed by atoms with Gasteiger partial charge in [-0.2, -0.15) is 0 Å². The third-order valence-corrected chi connectivity index (χ3v) is 4.47. The molecule has 1 saturated heterocycles. The van der Waals surface area contributed by atoms with Crippen LogP contribution >= 0.6 is 0 Å². The van der Waals surface area contributed by atoms with Crippen LogP contribution in [0.5, 0.6) is 5.75 Å². The second-order valence-corrected chi connectivity index (χ2v) is 8.29. The van der Waals surface area contributed by atoms with Crippen LogP contribution in [0.2, 0.25) is 0 Å². The molecular weight excluding hydrogens is 391 g/mol. The van der Waals surface area contributed by atoms with Gasteiger partial charge in [0.2, 0.25) is 0 Å². The van der Waals surface area contributed by atoms with Crippen molar-refractivity contribution in [3.05, 3.63) is 29.6 Å². The Morgan fingerprint density at radius 1 is 1.20 bits per heavy atom. The predicted molar refractivity (Wildman–Crippen MR) is 109 cm³/mol. The van der Waals surface area contributed by atoms with Gasteiger partial charge in [0.05, 0.1) is 12.1 Å². The highest BCUT2D eigenvalue weighted by Crippen LogP contribution is 2.22. The van der Waals surface area contributed by atoms with E-state index in [2.05, 4.69) is 5.92 Å². The van der Waals surface area contributed by atoms with Crippen LogP contribution in [-0.2, 0) is 16.1 Å². The highest BCUT2D eigenvalue weighted by atomic mass is 19.1. The number of terminal acetylenes is 1. The first-order valence-electron chi connectivity index (χ1n) is 9.79. The van der Waals surface area contributed by atoms with E-state index in [-0.39, 0.29) is 30.9 Å². The molecule has 0 aliphatic carbocycles. The Kier molecular flexibility index (Phi) is 7.54. The molecule has 1 aliphatic rings. The van der Waals surface area contributed by atoms with E-state index >= 15 is 0 Å². The molecule has 1 heterocycles. The van der Waals surface area contributed by atoms with Crippen LogP contribution in [-0.4, -0.2) is 59.4 Å². The summed E-state index contributed by atoms with van der Waals surface area (Å²) in [5.74, 6) is 2.22. The molecule has 2 rings (SSSR count). The summed E-state index contributed by atoms with van der Waals surface area (Å²) in [6.45, 7) is 9.50. The molecule has 1 aromatic carbocycles.